The monoisotopic (exact) mass is 424 g/mol. The van der Waals surface area contributed by atoms with Crippen molar-refractivity contribution in [3.8, 4) is 0 Å². The minimum atomic E-state index is -0.408. The molecule has 0 saturated carbocycles. The quantitative estimate of drug-likeness (QED) is 0.463. The van der Waals surface area contributed by atoms with Crippen LogP contribution in [0.25, 0.3) is 0 Å². The Balaban J connectivity index is 2.08. The predicted octanol–water partition coefficient (Wildman–Crippen LogP) is 6.36. The van der Waals surface area contributed by atoms with Crippen LogP contribution >= 0.6 is 0 Å². The van der Waals surface area contributed by atoms with E-state index >= 15 is 0 Å². The molecule has 0 fully saturated rings. The van der Waals surface area contributed by atoms with Gasteiger partial charge in [0.25, 0.3) is 0 Å². The first-order chi connectivity index (χ1) is 14.5. The van der Waals surface area contributed by atoms with E-state index < -0.39 is 5.41 Å². The van der Waals surface area contributed by atoms with Crippen LogP contribution in [0.15, 0.2) is 24.3 Å². The van der Waals surface area contributed by atoms with Gasteiger partial charge in [0.15, 0.2) is 0 Å². The van der Waals surface area contributed by atoms with Crippen molar-refractivity contribution in [2.24, 2.45) is 5.41 Å². The zero-order valence-corrected chi connectivity index (χ0v) is 20.3. The van der Waals surface area contributed by atoms with Gasteiger partial charge >= 0.3 is 11.9 Å². The number of hydrogen-bond donors (Lipinski definition) is 0. The second-order valence-corrected chi connectivity index (χ2v) is 8.83. The van der Waals surface area contributed by atoms with Gasteiger partial charge in [-0.25, -0.2) is 9.59 Å². The fraction of sp³-hybridized carbons (Fsp3) is 0.481. The molecule has 0 radical (unpaired) electrons. The number of esters is 2. The molecular weight excluding hydrogens is 388 g/mol. The van der Waals surface area contributed by atoms with Crippen molar-refractivity contribution >= 4 is 11.9 Å². The van der Waals surface area contributed by atoms with Crippen molar-refractivity contribution in [3.63, 3.8) is 0 Å². The topological polar surface area (TPSA) is 52.6 Å². The molecule has 0 bridgehead atoms. The van der Waals surface area contributed by atoms with Gasteiger partial charge in [-0.3, -0.25) is 0 Å². The Hall–Kier alpha value is -2.62. The summed E-state index contributed by atoms with van der Waals surface area (Å²) in [5, 5.41) is 0. The summed E-state index contributed by atoms with van der Waals surface area (Å²) in [4.78, 5) is 25.4. The number of hydrogen-bond acceptors (Lipinski definition) is 4. The van der Waals surface area contributed by atoms with Gasteiger partial charge in [-0.15, -0.1) is 0 Å². The minimum absolute atomic E-state index is 0.212. The summed E-state index contributed by atoms with van der Waals surface area (Å²) in [5.74, 6) is -0.679. The van der Waals surface area contributed by atoms with Gasteiger partial charge < -0.3 is 9.47 Å². The van der Waals surface area contributed by atoms with E-state index in [0.29, 0.717) is 11.1 Å². The summed E-state index contributed by atoms with van der Waals surface area (Å²) in [5.41, 5.74) is 7.36. The van der Waals surface area contributed by atoms with Crippen molar-refractivity contribution < 1.29 is 19.1 Å². The first kappa shape index (κ1) is 24.6. The summed E-state index contributed by atoms with van der Waals surface area (Å²) in [7, 11) is 0. The Morgan fingerprint density at radius 3 is 1.19 bits per heavy atom. The molecule has 0 N–H and O–H groups in total. The third kappa shape index (κ3) is 5.75. The van der Waals surface area contributed by atoms with E-state index in [1.165, 1.54) is 11.1 Å². The summed E-state index contributed by atoms with van der Waals surface area (Å²) < 4.78 is 11.4. The number of benzene rings is 2. The van der Waals surface area contributed by atoms with Gasteiger partial charge in [0.05, 0.1) is 11.1 Å². The van der Waals surface area contributed by atoms with Crippen LogP contribution in [0.1, 0.15) is 80.8 Å². The van der Waals surface area contributed by atoms with E-state index in [1.54, 1.807) is 0 Å². The molecule has 0 saturated heterocycles. The fourth-order valence-corrected chi connectivity index (χ4v) is 3.61. The molecule has 2 aromatic rings. The van der Waals surface area contributed by atoms with E-state index in [0.717, 1.165) is 35.1 Å². The zero-order valence-electron chi connectivity index (χ0n) is 20.3. The van der Waals surface area contributed by atoms with Crippen LogP contribution in [-0.2, 0) is 9.47 Å². The molecule has 168 valence electrons. The van der Waals surface area contributed by atoms with Gasteiger partial charge in [-0.05, 0) is 112 Å². The molecule has 0 heterocycles. The largest absolute Gasteiger partial charge is 0.461 e. The predicted molar refractivity (Wildman–Crippen MR) is 125 cm³/mol. The third-order valence-electron chi connectivity index (χ3n) is 6.84. The highest BCUT2D eigenvalue weighted by Gasteiger charge is 2.31. The Kier molecular flexibility index (Phi) is 8.05. The van der Waals surface area contributed by atoms with Crippen LogP contribution in [0.4, 0.5) is 0 Å². The Labute approximate surface area is 187 Å². The first-order valence-electron chi connectivity index (χ1n) is 11.0. The molecule has 0 atom stereocenters. The number of aryl methyl sites for hydroxylation is 4. The smallest absolute Gasteiger partial charge is 0.338 e. The molecule has 2 aromatic carbocycles. The molecule has 0 amide bonds. The van der Waals surface area contributed by atoms with Crippen LogP contribution in [0.3, 0.4) is 0 Å². The maximum atomic E-state index is 12.7. The Morgan fingerprint density at radius 1 is 0.645 bits per heavy atom. The summed E-state index contributed by atoms with van der Waals surface area (Å²) >= 11 is 0. The van der Waals surface area contributed by atoms with Crippen LogP contribution in [0.5, 0.6) is 0 Å². The van der Waals surface area contributed by atoms with E-state index in [1.807, 2.05) is 79.7 Å². The standard InChI is InChI=1S/C27H36O4/c1-9-27(10-2,15-30-25(28)23-11-17(3)21(7)18(4)12-23)16-31-26(29)24-13-19(5)22(8)20(6)14-24/h11-14H,9-10,15-16H2,1-8H3. The molecule has 2 rings (SSSR count). The van der Waals surface area contributed by atoms with Crippen LogP contribution in [0, 0.1) is 47.0 Å². The van der Waals surface area contributed by atoms with E-state index in [4.69, 9.17) is 9.47 Å². The van der Waals surface area contributed by atoms with Gasteiger partial charge in [0.1, 0.15) is 13.2 Å². The van der Waals surface area contributed by atoms with Crippen molar-refractivity contribution in [3.05, 3.63) is 68.8 Å². The Morgan fingerprint density at radius 2 is 0.935 bits per heavy atom. The molecule has 0 spiro atoms. The average molecular weight is 425 g/mol. The molecule has 4 heteroatoms. The second-order valence-electron chi connectivity index (χ2n) is 8.83. The van der Waals surface area contributed by atoms with Crippen molar-refractivity contribution in [1.82, 2.24) is 0 Å². The van der Waals surface area contributed by atoms with Crippen molar-refractivity contribution in [2.45, 2.75) is 68.2 Å². The molecule has 0 aliphatic heterocycles. The SMILES string of the molecule is CCC(CC)(COC(=O)c1cc(C)c(C)c(C)c1)COC(=O)c1cc(C)c(C)c(C)c1. The minimum Gasteiger partial charge on any atom is -0.461 e. The number of ether oxygens (including phenoxy) is 2. The van der Waals surface area contributed by atoms with Crippen LogP contribution in [0.2, 0.25) is 0 Å². The maximum absolute atomic E-state index is 12.7. The number of carbonyl (C=O) groups excluding carboxylic acids is 2. The number of carbonyl (C=O) groups is 2. The lowest BCUT2D eigenvalue weighted by atomic mass is 9.84. The van der Waals surface area contributed by atoms with Gasteiger partial charge in [0.2, 0.25) is 0 Å². The van der Waals surface area contributed by atoms with E-state index in [2.05, 4.69) is 0 Å². The van der Waals surface area contributed by atoms with Crippen LogP contribution < -0.4 is 0 Å². The average Bonchev–Trinajstić information content (AvgIpc) is 2.75. The molecule has 0 aromatic heterocycles. The highest BCUT2D eigenvalue weighted by molar-refractivity contribution is 5.90. The van der Waals surface area contributed by atoms with Crippen LogP contribution in [-0.4, -0.2) is 25.2 Å². The first-order valence-corrected chi connectivity index (χ1v) is 11.0. The van der Waals surface area contributed by atoms with E-state index in [9.17, 15) is 9.59 Å². The maximum Gasteiger partial charge on any atom is 0.338 e. The lowest BCUT2D eigenvalue weighted by molar-refractivity contribution is -0.00861. The third-order valence-corrected chi connectivity index (χ3v) is 6.84. The van der Waals surface area contributed by atoms with Gasteiger partial charge in [-0.2, -0.15) is 0 Å². The zero-order chi connectivity index (χ0) is 23.3. The molecule has 0 unspecified atom stereocenters. The van der Waals surface area contributed by atoms with Gasteiger partial charge in [0, 0.05) is 5.41 Å². The van der Waals surface area contributed by atoms with E-state index in [-0.39, 0.29) is 25.2 Å². The van der Waals surface area contributed by atoms with Crippen molar-refractivity contribution in [2.75, 3.05) is 13.2 Å². The molecule has 0 aliphatic rings. The lowest BCUT2D eigenvalue weighted by Gasteiger charge is -2.30. The molecule has 0 aliphatic carbocycles. The normalized spacial score (nSPS) is 11.4. The molecule has 4 nitrogen and oxygen atoms in total. The summed E-state index contributed by atoms with van der Waals surface area (Å²) in [6, 6.07) is 7.47. The Bertz CT molecular complexity index is 846. The lowest BCUT2D eigenvalue weighted by Crippen LogP contribution is -2.33. The highest BCUT2D eigenvalue weighted by Crippen LogP contribution is 2.29. The second kappa shape index (κ2) is 10.1. The highest BCUT2D eigenvalue weighted by atomic mass is 16.5. The summed E-state index contributed by atoms with van der Waals surface area (Å²) in [6.07, 6.45) is 1.48. The fourth-order valence-electron chi connectivity index (χ4n) is 3.61. The summed E-state index contributed by atoms with van der Waals surface area (Å²) in [6.45, 7) is 16.6. The molecule has 31 heavy (non-hydrogen) atoms. The number of rotatable bonds is 8. The molecular formula is C27H36O4. The van der Waals surface area contributed by atoms with Gasteiger partial charge in [-0.1, -0.05) is 13.8 Å². The van der Waals surface area contributed by atoms with Crippen molar-refractivity contribution in [1.29, 1.82) is 0 Å².